The Bertz CT molecular complexity index is 196. The highest BCUT2D eigenvalue weighted by Crippen LogP contribution is 2.39. The van der Waals surface area contributed by atoms with Crippen LogP contribution in [-0.4, -0.2) is 6.54 Å². The lowest BCUT2D eigenvalue weighted by Crippen LogP contribution is -2.31. The van der Waals surface area contributed by atoms with Gasteiger partial charge in [-0.05, 0) is 49.5 Å². The maximum Gasteiger partial charge on any atom is -0.00462 e. The van der Waals surface area contributed by atoms with Crippen LogP contribution in [0, 0.1) is 23.7 Å². The molecule has 16 heavy (non-hydrogen) atoms. The Morgan fingerprint density at radius 2 is 1.69 bits per heavy atom. The van der Waals surface area contributed by atoms with Gasteiger partial charge in [0.2, 0.25) is 0 Å². The molecule has 2 saturated carbocycles. The van der Waals surface area contributed by atoms with Gasteiger partial charge in [0.15, 0.2) is 0 Å². The van der Waals surface area contributed by atoms with Crippen molar-refractivity contribution in [2.45, 2.75) is 64.7 Å². The third kappa shape index (κ3) is 3.23. The predicted molar refractivity (Wildman–Crippen MR) is 70.2 cm³/mol. The second-order valence-corrected chi connectivity index (χ2v) is 6.41. The quantitative estimate of drug-likeness (QED) is 0.770. The molecule has 1 nitrogen and oxygen atoms in total. The number of nitrogens with two attached hydrogens (primary N) is 1. The van der Waals surface area contributed by atoms with Gasteiger partial charge in [-0.3, -0.25) is 0 Å². The molecule has 94 valence electrons. The summed E-state index contributed by atoms with van der Waals surface area (Å²) in [5.74, 6) is 3.80. The molecule has 2 fully saturated rings. The average Bonchev–Trinajstić information content (AvgIpc) is 2.31. The molecule has 0 radical (unpaired) electrons. The second kappa shape index (κ2) is 6.05. The molecule has 1 heteroatoms. The maximum absolute atomic E-state index is 5.94. The molecule has 0 aromatic carbocycles. The minimum absolute atomic E-state index is 0.845. The van der Waals surface area contributed by atoms with Crippen molar-refractivity contribution in [3.8, 4) is 0 Å². The summed E-state index contributed by atoms with van der Waals surface area (Å²) in [6.45, 7) is 3.37. The van der Waals surface area contributed by atoms with Crippen molar-refractivity contribution in [3.63, 3.8) is 0 Å². The zero-order valence-corrected chi connectivity index (χ0v) is 11.0. The Balaban J connectivity index is 1.84. The topological polar surface area (TPSA) is 26.0 Å². The van der Waals surface area contributed by atoms with Crippen LogP contribution in [0.3, 0.4) is 0 Å². The summed E-state index contributed by atoms with van der Waals surface area (Å²) < 4.78 is 0. The molecule has 0 amide bonds. The Morgan fingerprint density at radius 3 is 2.38 bits per heavy atom. The highest BCUT2D eigenvalue weighted by molar-refractivity contribution is 4.82. The minimum Gasteiger partial charge on any atom is -0.330 e. The smallest absolute Gasteiger partial charge is 0.00462 e. The largest absolute Gasteiger partial charge is 0.330 e. The number of hydrogen-bond acceptors (Lipinski definition) is 1. The molecule has 0 bridgehead atoms. The van der Waals surface area contributed by atoms with Crippen LogP contribution in [0.4, 0.5) is 0 Å². The standard InChI is InChI=1S/C15H29N/c1-12-7-8-14(11-16)15(9-12)10-13-5-3-2-4-6-13/h12-15H,2-11,16H2,1H3. The third-order valence-corrected chi connectivity index (χ3v) is 5.07. The number of hydrogen-bond donors (Lipinski definition) is 1. The SMILES string of the molecule is CC1CCC(CN)C(CC2CCCCC2)C1. The summed E-state index contributed by atoms with van der Waals surface area (Å²) in [7, 11) is 0. The van der Waals surface area contributed by atoms with Gasteiger partial charge in [-0.1, -0.05) is 45.4 Å². The van der Waals surface area contributed by atoms with Crippen LogP contribution in [0.1, 0.15) is 64.7 Å². The lowest BCUT2D eigenvalue weighted by Gasteiger charge is -2.37. The molecule has 0 aromatic heterocycles. The van der Waals surface area contributed by atoms with Gasteiger partial charge in [-0.2, -0.15) is 0 Å². The van der Waals surface area contributed by atoms with Gasteiger partial charge in [0.1, 0.15) is 0 Å². The lowest BCUT2D eigenvalue weighted by molar-refractivity contribution is 0.149. The van der Waals surface area contributed by atoms with E-state index < -0.39 is 0 Å². The Morgan fingerprint density at radius 1 is 0.938 bits per heavy atom. The van der Waals surface area contributed by atoms with Crippen LogP contribution < -0.4 is 5.73 Å². The van der Waals surface area contributed by atoms with Crippen LogP contribution in [0.2, 0.25) is 0 Å². The molecule has 2 rings (SSSR count). The third-order valence-electron chi connectivity index (χ3n) is 5.07. The first-order valence-electron chi connectivity index (χ1n) is 7.49. The summed E-state index contributed by atoms with van der Waals surface area (Å²) in [6, 6.07) is 0. The second-order valence-electron chi connectivity index (χ2n) is 6.41. The van der Waals surface area contributed by atoms with E-state index in [2.05, 4.69) is 6.92 Å². The van der Waals surface area contributed by atoms with E-state index in [1.54, 1.807) is 0 Å². The summed E-state index contributed by atoms with van der Waals surface area (Å²) >= 11 is 0. The van der Waals surface area contributed by atoms with E-state index in [4.69, 9.17) is 5.73 Å². The first-order chi connectivity index (χ1) is 7.79. The fourth-order valence-electron chi connectivity index (χ4n) is 4.01. The normalized spacial score (nSPS) is 37.5. The Labute approximate surface area is 101 Å². The average molecular weight is 223 g/mol. The fraction of sp³-hybridized carbons (Fsp3) is 1.00. The molecule has 0 heterocycles. The van der Waals surface area contributed by atoms with E-state index in [1.165, 1.54) is 57.8 Å². The highest BCUT2D eigenvalue weighted by atomic mass is 14.6. The molecule has 0 saturated heterocycles. The van der Waals surface area contributed by atoms with Crippen molar-refractivity contribution in [2.75, 3.05) is 6.54 Å². The van der Waals surface area contributed by atoms with Crippen molar-refractivity contribution >= 4 is 0 Å². The fourth-order valence-corrected chi connectivity index (χ4v) is 4.01. The zero-order valence-electron chi connectivity index (χ0n) is 11.0. The molecule has 2 aliphatic carbocycles. The van der Waals surface area contributed by atoms with E-state index in [0.717, 1.165) is 30.2 Å². The monoisotopic (exact) mass is 223 g/mol. The van der Waals surface area contributed by atoms with Crippen LogP contribution >= 0.6 is 0 Å². The van der Waals surface area contributed by atoms with Gasteiger partial charge in [-0.25, -0.2) is 0 Å². The predicted octanol–water partition coefficient (Wildman–Crippen LogP) is 3.97. The first kappa shape index (κ1) is 12.4. The lowest BCUT2D eigenvalue weighted by atomic mass is 9.69. The molecular weight excluding hydrogens is 194 g/mol. The molecule has 0 aliphatic heterocycles. The maximum atomic E-state index is 5.94. The van der Waals surface area contributed by atoms with Crippen LogP contribution in [0.25, 0.3) is 0 Å². The Hall–Kier alpha value is -0.0400. The zero-order chi connectivity index (χ0) is 11.4. The van der Waals surface area contributed by atoms with Gasteiger partial charge in [0, 0.05) is 0 Å². The van der Waals surface area contributed by atoms with Crippen molar-refractivity contribution in [1.29, 1.82) is 0 Å². The van der Waals surface area contributed by atoms with Gasteiger partial charge < -0.3 is 5.73 Å². The summed E-state index contributed by atoms with van der Waals surface area (Å²) in [4.78, 5) is 0. The van der Waals surface area contributed by atoms with Crippen molar-refractivity contribution in [1.82, 2.24) is 0 Å². The molecule has 3 unspecified atom stereocenters. The first-order valence-corrected chi connectivity index (χ1v) is 7.49. The van der Waals surface area contributed by atoms with E-state index in [-0.39, 0.29) is 0 Å². The highest BCUT2D eigenvalue weighted by Gasteiger charge is 2.29. The molecule has 0 spiro atoms. The van der Waals surface area contributed by atoms with Gasteiger partial charge in [-0.15, -0.1) is 0 Å². The van der Waals surface area contributed by atoms with Crippen molar-refractivity contribution in [3.05, 3.63) is 0 Å². The minimum atomic E-state index is 0.845. The molecule has 2 N–H and O–H groups in total. The summed E-state index contributed by atoms with van der Waals surface area (Å²) in [5.41, 5.74) is 5.94. The van der Waals surface area contributed by atoms with Gasteiger partial charge in [0.25, 0.3) is 0 Å². The molecule has 0 aromatic rings. The van der Waals surface area contributed by atoms with E-state index in [0.29, 0.717) is 0 Å². The van der Waals surface area contributed by atoms with E-state index >= 15 is 0 Å². The molecular formula is C15H29N. The number of rotatable bonds is 3. The Kier molecular flexibility index (Phi) is 4.69. The summed E-state index contributed by atoms with van der Waals surface area (Å²) in [6.07, 6.45) is 13.2. The summed E-state index contributed by atoms with van der Waals surface area (Å²) in [5, 5.41) is 0. The van der Waals surface area contributed by atoms with Crippen LogP contribution in [0.5, 0.6) is 0 Å². The van der Waals surface area contributed by atoms with Crippen LogP contribution in [0.15, 0.2) is 0 Å². The van der Waals surface area contributed by atoms with Crippen LogP contribution in [-0.2, 0) is 0 Å². The van der Waals surface area contributed by atoms with Crippen molar-refractivity contribution in [2.24, 2.45) is 29.4 Å². The van der Waals surface area contributed by atoms with Gasteiger partial charge >= 0.3 is 0 Å². The van der Waals surface area contributed by atoms with Crippen molar-refractivity contribution < 1.29 is 0 Å². The van der Waals surface area contributed by atoms with E-state index in [9.17, 15) is 0 Å². The van der Waals surface area contributed by atoms with Gasteiger partial charge in [0.05, 0.1) is 0 Å². The molecule has 2 aliphatic rings. The molecule has 3 atom stereocenters. The van der Waals surface area contributed by atoms with E-state index in [1.807, 2.05) is 0 Å².